The van der Waals surface area contributed by atoms with Crippen molar-refractivity contribution in [1.29, 1.82) is 0 Å². The first-order chi connectivity index (χ1) is 13.1. The van der Waals surface area contributed by atoms with Gasteiger partial charge in [-0.25, -0.2) is 4.98 Å². The van der Waals surface area contributed by atoms with Gasteiger partial charge in [0.05, 0.1) is 17.7 Å². The summed E-state index contributed by atoms with van der Waals surface area (Å²) in [5, 5.41) is 13.0. The summed E-state index contributed by atoms with van der Waals surface area (Å²) in [5.74, 6) is 0.740. The molecule has 0 saturated heterocycles. The number of hydrogen-bond acceptors (Lipinski definition) is 6. The summed E-state index contributed by atoms with van der Waals surface area (Å²) in [6.45, 7) is 0. The van der Waals surface area contributed by atoms with E-state index >= 15 is 0 Å². The van der Waals surface area contributed by atoms with Crippen LogP contribution >= 0.6 is 11.3 Å². The van der Waals surface area contributed by atoms with Gasteiger partial charge in [-0.15, -0.1) is 11.3 Å². The lowest BCUT2D eigenvalue weighted by Gasteiger charge is -2.04. The molecule has 2 aromatic carbocycles. The van der Waals surface area contributed by atoms with Crippen molar-refractivity contribution in [2.24, 2.45) is 0 Å². The third-order valence-electron chi connectivity index (χ3n) is 4.23. The Morgan fingerprint density at radius 2 is 1.96 bits per heavy atom. The molecule has 0 atom stereocenters. The summed E-state index contributed by atoms with van der Waals surface area (Å²) in [6.07, 6.45) is 0.730. The SMILES string of the molecule is COc1ccc(-c2csc3nc(-c4cccc([N+](=O)[O-])c4)c(C=O)n23)cc1. The first kappa shape index (κ1) is 16.9. The van der Waals surface area contributed by atoms with Crippen LogP contribution in [0.2, 0.25) is 0 Å². The van der Waals surface area contributed by atoms with Gasteiger partial charge in [-0.2, -0.15) is 0 Å². The predicted molar refractivity (Wildman–Crippen MR) is 103 cm³/mol. The Balaban J connectivity index is 1.89. The number of aldehydes is 1. The maximum absolute atomic E-state index is 11.9. The number of thiazole rings is 1. The highest BCUT2D eigenvalue weighted by molar-refractivity contribution is 7.15. The molecule has 2 aromatic heterocycles. The standard InChI is InChI=1S/C19H13N3O4S/c1-26-15-7-5-12(6-8-15)17-11-27-19-20-18(16(10-23)21(17)19)13-3-2-4-14(9-13)22(24)25/h2-11H,1H3. The summed E-state index contributed by atoms with van der Waals surface area (Å²) in [7, 11) is 1.60. The van der Waals surface area contributed by atoms with Crippen LogP contribution in [0.15, 0.2) is 53.9 Å². The van der Waals surface area contributed by atoms with Crippen LogP contribution in [0.1, 0.15) is 10.5 Å². The van der Waals surface area contributed by atoms with Crippen LogP contribution in [-0.2, 0) is 0 Å². The lowest BCUT2D eigenvalue weighted by molar-refractivity contribution is -0.384. The Bertz CT molecular complexity index is 1160. The van der Waals surface area contributed by atoms with Crippen LogP contribution in [0, 0.1) is 10.1 Å². The monoisotopic (exact) mass is 379 g/mol. The normalized spacial score (nSPS) is 10.9. The summed E-state index contributed by atoms with van der Waals surface area (Å²) in [6, 6.07) is 13.6. The van der Waals surface area contributed by atoms with Crippen LogP contribution in [0.4, 0.5) is 5.69 Å². The van der Waals surface area contributed by atoms with Crippen molar-refractivity contribution >= 4 is 28.3 Å². The van der Waals surface area contributed by atoms with Gasteiger partial charge in [0.25, 0.3) is 5.69 Å². The van der Waals surface area contributed by atoms with Crippen molar-refractivity contribution in [2.45, 2.75) is 0 Å². The fraction of sp³-hybridized carbons (Fsp3) is 0.0526. The number of methoxy groups -OCH3 is 1. The molecule has 0 aliphatic rings. The number of non-ortho nitro benzene ring substituents is 1. The van der Waals surface area contributed by atoms with Crippen molar-refractivity contribution in [2.75, 3.05) is 7.11 Å². The van der Waals surface area contributed by atoms with Crippen LogP contribution < -0.4 is 4.74 Å². The van der Waals surface area contributed by atoms with Gasteiger partial charge in [-0.1, -0.05) is 12.1 Å². The number of fused-ring (bicyclic) bond motifs is 1. The van der Waals surface area contributed by atoms with Gasteiger partial charge in [0.1, 0.15) is 17.1 Å². The van der Waals surface area contributed by atoms with Gasteiger partial charge in [0, 0.05) is 23.1 Å². The predicted octanol–water partition coefficient (Wildman–Crippen LogP) is 4.46. The fourth-order valence-corrected chi connectivity index (χ4v) is 3.84. The zero-order valence-corrected chi connectivity index (χ0v) is 15.0. The second kappa shape index (κ2) is 6.65. The van der Waals surface area contributed by atoms with E-state index in [0.29, 0.717) is 21.9 Å². The van der Waals surface area contributed by atoms with E-state index in [2.05, 4.69) is 4.98 Å². The lowest BCUT2D eigenvalue weighted by atomic mass is 10.1. The van der Waals surface area contributed by atoms with Gasteiger partial charge in [0.2, 0.25) is 0 Å². The number of rotatable bonds is 5. The molecular formula is C19H13N3O4S. The number of imidazole rings is 1. The minimum atomic E-state index is -0.467. The van der Waals surface area contributed by atoms with Crippen molar-refractivity contribution in [3.8, 4) is 28.3 Å². The Kier molecular flexibility index (Phi) is 4.17. The average Bonchev–Trinajstić information content (AvgIpc) is 3.27. The second-order valence-corrected chi connectivity index (χ2v) is 6.57. The summed E-state index contributed by atoms with van der Waals surface area (Å²) in [4.78, 5) is 27.6. The maximum atomic E-state index is 11.9. The second-order valence-electron chi connectivity index (χ2n) is 5.74. The van der Waals surface area contributed by atoms with Gasteiger partial charge in [0.15, 0.2) is 11.2 Å². The van der Waals surface area contributed by atoms with Crippen molar-refractivity contribution in [3.05, 3.63) is 69.7 Å². The Morgan fingerprint density at radius 1 is 1.19 bits per heavy atom. The lowest BCUT2D eigenvalue weighted by Crippen LogP contribution is -1.95. The van der Waals surface area contributed by atoms with Crippen LogP contribution in [0.3, 0.4) is 0 Å². The molecule has 0 saturated carbocycles. The molecule has 4 aromatic rings. The molecule has 0 fully saturated rings. The highest BCUT2D eigenvalue weighted by atomic mass is 32.1. The fourth-order valence-electron chi connectivity index (χ4n) is 2.93. The molecule has 7 nitrogen and oxygen atoms in total. The van der Waals surface area contributed by atoms with E-state index in [0.717, 1.165) is 23.3 Å². The summed E-state index contributed by atoms with van der Waals surface area (Å²) >= 11 is 1.40. The van der Waals surface area contributed by atoms with Gasteiger partial charge in [-0.3, -0.25) is 19.3 Å². The molecule has 0 aliphatic carbocycles. The number of aromatic nitrogens is 2. The molecule has 0 aliphatic heterocycles. The average molecular weight is 379 g/mol. The number of nitrogens with zero attached hydrogens (tertiary/aromatic N) is 3. The number of benzene rings is 2. The number of carbonyl (C=O) groups is 1. The molecule has 0 amide bonds. The number of nitro groups is 1. The Labute approximate surface area is 157 Å². The topological polar surface area (TPSA) is 86.7 Å². The molecule has 0 unspecified atom stereocenters. The number of nitro benzene ring substituents is 1. The molecular weight excluding hydrogens is 366 g/mol. The third-order valence-corrected chi connectivity index (χ3v) is 5.05. The van der Waals surface area contributed by atoms with Crippen molar-refractivity contribution in [3.63, 3.8) is 0 Å². The summed E-state index contributed by atoms with van der Waals surface area (Å²) < 4.78 is 6.96. The minimum absolute atomic E-state index is 0.0453. The van der Waals surface area contributed by atoms with E-state index in [1.807, 2.05) is 29.6 Å². The molecule has 27 heavy (non-hydrogen) atoms. The highest BCUT2D eigenvalue weighted by Gasteiger charge is 2.20. The van der Waals surface area contributed by atoms with E-state index in [1.165, 1.54) is 23.5 Å². The zero-order chi connectivity index (χ0) is 19.0. The Hall–Kier alpha value is -3.52. The minimum Gasteiger partial charge on any atom is -0.497 e. The third kappa shape index (κ3) is 2.85. The molecule has 2 heterocycles. The number of carbonyl (C=O) groups excluding carboxylic acids is 1. The molecule has 8 heteroatoms. The van der Waals surface area contributed by atoms with Crippen molar-refractivity contribution in [1.82, 2.24) is 9.38 Å². The van der Waals surface area contributed by atoms with E-state index in [9.17, 15) is 14.9 Å². The molecule has 4 rings (SSSR count). The molecule has 0 radical (unpaired) electrons. The van der Waals surface area contributed by atoms with Crippen molar-refractivity contribution < 1.29 is 14.5 Å². The molecule has 134 valence electrons. The smallest absolute Gasteiger partial charge is 0.270 e. The summed E-state index contributed by atoms with van der Waals surface area (Å²) in [5.41, 5.74) is 3.00. The first-order valence-corrected chi connectivity index (χ1v) is 8.84. The Morgan fingerprint density at radius 3 is 2.63 bits per heavy atom. The molecule has 0 bridgehead atoms. The molecule has 0 spiro atoms. The van der Waals surface area contributed by atoms with E-state index in [1.54, 1.807) is 23.6 Å². The number of hydrogen-bond donors (Lipinski definition) is 0. The van der Waals surface area contributed by atoms with E-state index in [-0.39, 0.29) is 5.69 Å². The quantitative estimate of drug-likeness (QED) is 0.290. The van der Waals surface area contributed by atoms with Gasteiger partial charge >= 0.3 is 0 Å². The number of ether oxygens (including phenoxy) is 1. The largest absolute Gasteiger partial charge is 0.497 e. The van der Waals surface area contributed by atoms with Crippen LogP contribution in [0.5, 0.6) is 5.75 Å². The van der Waals surface area contributed by atoms with Gasteiger partial charge < -0.3 is 4.74 Å². The van der Waals surface area contributed by atoms with E-state index < -0.39 is 4.92 Å². The van der Waals surface area contributed by atoms with Crippen LogP contribution in [-0.4, -0.2) is 27.7 Å². The first-order valence-electron chi connectivity index (χ1n) is 7.96. The van der Waals surface area contributed by atoms with Crippen LogP contribution in [0.25, 0.3) is 27.5 Å². The van der Waals surface area contributed by atoms with Gasteiger partial charge in [-0.05, 0) is 29.8 Å². The van der Waals surface area contributed by atoms with E-state index in [4.69, 9.17) is 4.74 Å². The maximum Gasteiger partial charge on any atom is 0.270 e. The zero-order valence-electron chi connectivity index (χ0n) is 14.2. The molecule has 0 N–H and O–H groups in total. The highest BCUT2D eigenvalue weighted by Crippen LogP contribution is 2.33.